The van der Waals surface area contributed by atoms with Crippen LogP contribution in [0.2, 0.25) is 0 Å². The maximum atomic E-state index is 12.4. The number of carbonyl (C=O) groups excluding carboxylic acids is 2. The molecule has 0 aliphatic rings. The first-order valence-electron chi connectivity index (χ1n) is 9.14. The Morgan fingerprint density at radius 2 is 1.84 bits per heavy atom. The third kappa shape index (κ3) is 8.03. The molecule has 0 atom stereocenters. The number of hydrogen-bond donors (Lipinski definition) is 2. The fourth-order valence-corrected chi connectivity index (χ4v) is 2.33. The van der Waals surface area contributed by atoms with E-state index >= 15 is 0 Å². The topological polar surface area (TPSA) is 98.8 Å². The maximum absolute atomic E-state index is 12.4. The average Bonchev–Trinajstić information content (AvgIpc) is 2.70. The summed E-state index contributed by atoms with van der Waals surface area (Å²) in [4.78, 5) is 27.9. The molecule has 0 aliphatic heterocycles. The Hall–Kier alpha value is -3.50. The largest absolute Gasteiger partial charge is 0.493 e. The van der Waals surface area contributed by atoms with Crippen molar-refractivity contribution in [2.24, 2.45) is 0 Å². The number of carbonyl (C=O) groups is 2. The van der Waals surface area contributed by atoms with Crippen molar-refractivity contribution in [3.05, 3.63) is 42.1 Å². The average molecular weight is 441 g/mol. The van der Waals surface area contributed by atoms with Gasteiger partial charge in [0.15, 0.2) is 24.7 Å². The number of nitrogens with zero attached hydrogens (tertiary/aromatic N) is 1. The van der Waals surface area contributed by atoms with Gasteiger partial charge in [0, 0.05) is 17.7 Å². The summed E-state index contributed by atoms with van der Waals surface area (Å²) in [5.74, 6) is -0.494. The molecule has 0 radical (unpaired) electrons. The number of aromatic nitrogens is 1. The maximum Gasteiger partial charge on any atom is 0.422 e. The molecule has 1 heterocycles. The highest BCUT2D eigenvalue weighted by molar-refractivity contribution is 6.04. The van der Waals surface area contributed by atoms with Gasteiger partial charge >= 0.3 is 6.18 Å². The molecule has 8 nitrogen and oxygen atoms in total. The lowest BCUT2D eigenvalue weighted by Gasteiger charge is -2.13. The fourth-order valence-electron chi connectivity index (χ4n) is 2.33. The minimum absolute atomic E-state index is 0.0242. The van der Waals surface area contributed by atoms with E-state index in [0.29, 0.717) is 0 Å². The van der Waals surface area contributed by atoms with Gasteiger partial charge in [-0.1, -0.05) is 0 Å². The summed E-state index contributed by atoms with van der Waals surface area (Å²) in [6, 6.07) is 6.94. The van der Waals surface area contributed by atoms with Crippen LogP contribution in [0.3, 0.4) is 0 Å². The van der Waals surface area contributed by atoms with E-state index in [2.05, 4.69) is 20.4 Å². The molecule has 0 spiro atoms. The lowest BCUT2D eigenvalue weighted by atomic mass is 10.2. The second-order valence-electron chi connectivity index (χ2n) is 6.62. The SMILES string of the molecule is COc1cc(C(=O)Nc2ccc(OCC(F)(F)F)nc2)ccc1OCC(=O)NC(C)C. The number of hydrogen-bond acceptors (Lipinski definition) is 6. The molecule has 0 fully saturated rings. The van der Waals surface area contributed by atoms with Crippen LogP contribution in [0.5, 0.6) is 17.4 Å². The van der Waals surface area contributed by atoms with Crippen LogP contribution in [-0.4, -0.2) is 49.3 Å². The van der Waals surface area contributed by atoms with Gasteiger partial charge in [-0.05, 0) is 38.1 Å². The van der Waals surface area contributed by atoms with Crippen molar-refractivity contribution in [1.29, 1.82) is 0 Å². The molecule has 168 valence electrons. The van der Waals surface area contributed by atoms with Gasteiger partial charge in [0.05, 0.1) is 19.0 Å². The van der Waals surface area contributed by atoms with E-state index < -0.39 is 18.7 Å². The quantitative estimate of drug-likeness (QED) is 0.620. The first-order valence-corrected chi connectivity index (χ1v) is 9.14. The van der Waals surface area contributed by atoms with Gasteiger partial charge in [-0.2, -0.15) is 13.2 Å². The second kappa shape index (κ2) is 10.5. The summed E-state index contributed by atoms with van der Waals surface area (Å²) in [5, 5.41) is 5.25. The molecule has 1 aromatic carbocycles. The number of alkyl halides is 3. The number of pyridine rings is 1. The van der Waals surface area contributed by atoms with Crippen molar-refractivity contribution in [1.82, 2.24) is 10.3 Å². The number of benzene rings is 1. The Labute approximate surface area is 176 Å². The standard InChI is InChI=1S/C20H22F3N3O5/c1-12(2)25-17(27)10-30-15-6-4-13(8-16(15)29-3)19(28)26-14-5-7-18(24-9-14)31-11-20(21,22)23/h4-9,12H,10-11H2,1-3H3,(H,25,27)(H,26,28). The molecule has 0 aliphatic carbocycles. The smallest absolute Gasteiger partial charge is 0.422 e. The number of halogens is 3. The van der Waals surface area contributed by atoms with Crippen LogP contribution in [0.4, 0.5) is 18.9 Å². The van der Waals surface area contributed by atoms with E-state index in [1.807, 2.05) is 13.8 Å². The zero-order valence-electron chi connectivity index (χ0n) is 17.1. The van der Waals surface area contributed by atoms with Gasteiger partial charge < -0.3 is 24.8 Å². The minimum Gasteiger partial charge on any atom is -0.493 e. The van der Waals surface area contributed by atoms with Crippen molar-refractivity contribution in [2.45, 2.75) is 26.1 Å². The highest BCUT2D eigenvalue weighted by atomic mass is 19.4. The lowest BCUT2D eigenvalue weighted by molar-refractivity contribution is -0.154. The fraction of sp³-hybridized carbons (Fsp3) is 0.350. The van der Waals surface area contributed by atoms with Gasteiger partial charge in [-0.3, -0.25) is 9.59 Å². The van der Waals surface area contributed by atoms with Gasteiger partial charge in [0.2, 0.25) is 5.88 Å². The first kappa shape index (κ1) is 23.8. The molecule has 0 unspecified atom stereocenters. The number of nitrogens with one attached hydrogen (secondary N) is 2. The Balaban J connectivity index is 1.99. The van der Waals surface area contributed by atoms with E-state index in [4.69, 9.17) is 9.47 Å². The van der Waals surface area contributed by atoms with Crippen LogP contribution in [0.1, 0.15) is 24.2 Å². The van der Waals surface area contributed by atoms with Crippen LogP contribution >= 0.6 is 0 Å². The molecule has 2 rings (SSSR count). The Bertz CT molecular complexity index is 902. The van der Waals surface area contributed by atoms with Crippen molar-refractivity contribution in [3.8, 4) is 17.4 Å². The summed E-state index contributed by atoms with van der Waals surface area (Å²) >= 11 is 0. The zero-order chi connectivity index (χ0) is 23.0. The van der Waals surface area contributed by atoms with Gasteiger partial charge in [-0.25, -0.2) is 4.98 Å². The van der Waals surface area contributed by atoms with E-state index in [9.17, 15) is 22.8 Å². The van der Waals surface area contributed by atoms with Crippen molar-refractivity contribution >= 4 is 17.5 Å². The molecule has 11 heteroatoms. The third-order valence-corrected chi connectivity index (χ3v) is 3.61. The lowest BCUT2D eigenvalue weighted by Crippen LogP contribution is -2.34. The van der Waals surface area contributed by atoms with Gasteiger partial charge in [0.25, 0.3) is 11.8 Å². The first-order chi connectivity index (χ1) is 14.6. The molecule has 1 aromatic heterocycles. The number of methoxy groups -OCH3 is 1. The van der Waals surface area contributed by atoms with Gasteiger partial charge in [0.1, 0.15) is 0 Å². The summed E-state index contributed by atoms with van der Waals surface area (Å²) in [6.07, 6.45) is -3.30. The molecule has 2 N–H and O–H groups in total. The summed E-state index contributed by atoms with van der Waals surface area (Å²) < 4.78 is 51.6. The Morgan fingerprint density at radius 3 is 2.42 bits per heavy atom. The number of anilines is 1. The predicted octanol–water partition coefficient (Wildman–Crippen LogP) is 3.19. The molecule has 31 heavy (non-hydrogen) atoms. The summed E-state index contributed by atoms with van der Waals surface area (Å²) in [5.41, 5.74) is 0.488. The molecule has 2 amide bonds. The molecule has 0 saturated heterocycles. The third-order valence-electron chi connectivity index (χ3n) is 3.61. The van der Waals surface area contributed by atoms with Crippen LogP contribution in [0.15, 0.2) is 36.5 Å². The number of rotatable bonds is 9. The van der Waals surface area contributed by atoms with E-state index in [-0.39, 0.29) is 47.2 Å². The Morgan fingerprint density at radius 1 is 1.10 bits per heavy atom. The molecule has 0 saturated carbocycles. The minimum atomic E-state index is -4.47. The highest BCUT2D eigenvalue weighted by Gasteiger charge is 2.28. The van der Waals surface area contributed by atoms with Crippen LogP contribution in [0, 0.1) is 0 Å². The number of ether oxygens (including phenoxy) is 3. The zero-order valence-corrected chi connectivity index (χ0v) is 17.1. The monoisotopic (exact) mass is 441 g/mol. The Kier molecular flexibility index (Phi) is 8.06. The highest BCUT2D eigenvalue weighted by Crippen LogP contribution is 2.28. The van der Waals surface area contributed by atoms with E-state index in [1.165, 1.54) is 43.6 Å². The van der Waals surface area contributed by atoms with Crippen LogP contribution in [0.25, 0.3) is 0 Å². The van der Waals surface area contributed by atoms with Crippen molar-refractivity contribution in [3.63, 3.8) is 0 Å². The molecular formula is C20H22F3N3O5. The molecular weight excluding hydrogens is 419 g/mol. The second-order valence-corrected chi connectivity index (χ2v) is 6.62. The summed E-state index contributed by atoms with van der Waals surface area (Å²) in [7, 11) is 1.39. The molecule has 0 bridgehead atoms. The van der Waals surface area contributed by atoms with Crippen molar-refractivity contribution < 1.29 is 37.0 Å². The number of amides is 2. The van der Waals surface area contributed by atoms with E-state index in [1.54, 1.807) is 0 Å². The summed E-state index contributed by atoms with van der Waals surface area (Å²) in [6.45, 7) is 1.97. The molecule has 2 aromatic rings. The van der Waals surface area contributed by atoms with Gasteiger partial charge in [-0.15, -0.1) is 0 Å². The predicted molar refractivity (Wildman–Crippen MR) is 106 cm³/mol. The van der Waals surface area contributed by atoms with Crippen molar-refractivity contribution in [2.75, 3.05) is 25.6 Å². The van der Waals surface area contributed by atoms with E-state index in [0.717, 1.165) is 0 Å². The normalized spacial score (nSPS) is 11.1. The van der Waals surface area contributed by atoms with Crippen LogP contribution < -0.4 is 24.8 Å². The van der Waals surface area contributed by atoms with Crippen LogP contribution in [-0.2, 0) is 4.79 Å².